The van der Waals surface area contributed by atoms with Crippen molar-refractivity contribution in [3.63, 3.8) is 0 Å². The van der Waals surface area contributed by atoms with Crippen molar-refractivity contribution in [3.8, 4) is 0 Å². The number of fused-ring (bicyclic) bond motifs is 1. The SMILES string of the molecule is C=CCCCOC(=O)[C@@H]1[C@H]2C(=O)N([C@@H](CO)C(C)C)C(C(=O)N(CC=C)c3c(C)cccc3Cl)C23CC[C@@]1(C)S3. The number of hydrogen-bond donors (Lipinski definition) is 1. The lowest BCUT2D eigenvalue weighted by molar-refractivity contribution is -0.156. The summed E-state index contributed by atoms with van der Waals surface area (Å²) in [5, 5.41) is 10.9. The zero-order chi connectivity index (χ0) is 29.4. The van der Waals surface area contributed by atoms with Crippen molar-refractivity contribution in [1.82, 2.24) is 4.90 Å². The Labute approximate surface area is 246 Å². The number of amides is 2. The van der Waals surface area contributed by atoms with Crippen LogP contribution in [0.3, 0.4) is 0 Å². The van der Waals surface area contributed by atoms with Crippen LogP contribution >= 0.6 is 23.4 Å². The van der Waals surface area contributed by atoms with Crippen molar-refractivity contribution in [2.45, 2.75) is 75.0 Å². The van der Waals surface area contributed by atoms with Gasteiger partial charge in [0.1, 0.15) is 6.04 Å². The van der Waals surface area contributed by atoms with E-state index in [1.165, 1.54) is 0 Å². The zero-order valence-electron chi connectivity index (χ0n) is 23.9. The highest BCUT2D eigenvalue weighted by atomic mass is 35.5. The van der Waals surface area contributed by atoms with Gasteiger partial charge in [-0.1, -0.05) is 49.7 Å². The van der Waals surface area contributed by atoms with Gasteiger partial charge in [0.2, 0.25) is 5.91 Å². The van der Waals surface area contributed by atoms with Gasteiger partial charge in [-0.05, 0) is 57.1 Å². The molecule has 0 aromatic heterocycles. The number of esters is 1. The molecule has 2 bridgehead atoms. The number of allylic oxidation sites excluding steroid dienone is 1. The monoisotopic (exact) mass is 588 g/mol. The van der Waals surface area contributed by atoms with Gasteiger partial charge in [-0.15, -0.1) is 24.9 Å². The van der Waals surface area contributed by atoms with Crippen LogP contribution in [0, 0.1) is 24.7 Å². The van der Waals surface area contributed by atoms with Gasteiger partial charge < -0.3 is 19.6 Å². The molecular formula is C31H41ClN2O5S. The highest BCUT2D eigenvalue weighted by Crippen LogP contribution is 2.72. The molecule has 3 heterocycles. The zero-order valence-corrected chi connectivity index (χ0v) is 25.5. The molecule has 40 heavy (non-hydrogen) atoms. The van der Waals surface area contributed by atoms with Crippen molar-refractivity contribution in [1.29, 1.82) is 0 Å². The number of benzene rings is 1. The molecule has 2 amide bonds. The summed E-state index contributed by atoms with van der Waals surface area (Å²) in [4.78, 5) is 46.0. The van der Waals surface area contributed by atoms with Crippen LogP contribution < -0.4 is 4.90 Å². The summed E-state index contributed by atoms with van der Waals surface area (Å²) in [6.45, 7) is 15.5. The van der Waals surface area contributed by atoms with Gasteiger partial charge in [0.05, 0.1) is 46.5 Å². The topological polar surface area (TPSA) is 87.1 Å². The molecule has 3 aliphatic heterocycles. The number of anilines is 1. The normalized spacial score (nSPS) is 29.4. The van der Waals surface area contributed by atoms with Crippen LogP contribution in [0.25, 0.3) is 0 Å². The third kappa shape index (κ3) is 4.90. The minimum atomic E-state index is -0.884. The Hall–Kier alpha value is -2.29. The summed E-state index contributed by atoms with van der Waals surface area (Å²) in [5.74, 6) is -2.43. The van der Waals surface area contributed by atoms with Gasteiger partial charge in [0.25, 0.3) is 5.91 Å². The number of unbranched alkanes of at least 4 members (excludes halogenated alkanes) is 1. The highest BCUT2D eigenvalue weighted by molar-refractivity contribution is 8.02. The van der Waals surface area contributed by atoms with E-state index in [1.807, 2.05) is 39.8 Å². The first kappa shape index (κ1) is 30.7. The molecule has 3 saturated heterocycles. The second-order valence-electron chi connectivity index (χ2n) is 11.7. The standard InChI is InChI=1S/C31H41ClN2O5S/c1-7-9-10-17-39-29(38)24-23-27(36)34(22(18-35)19(3)4)26(31(23)15-14-30(24,6)40-31)28(37)33(16-8-2)25-20(5)12-11-13-21(25)32/h7-8,11-13,19,22-24,26,35H,1-2,9-10,14-18H2,3-6H3/t22-,23-,24-,26?,30+,31?/m0/s1. The molecule has 3 aliphatic rings. The van der Waals surface area contributed by atoms with Crippen LogP contribution in [-0.4, -0.2) is 69.1 Å². The summed E-state index contributed by atoms with van der Waals surface area (Å²) in [7, 11) is 0. The molecular weight excluding hydrogens is 548 g/mol. The first-order valence-corrected chi connectivity index (χ1v) is 15.3. The van der Waals surface area contributed by atoms with Gasteiger partial charge in [-0.3, -0.25) is 14.4 Å². The average Bonchev–Trinajstić information content (AvgIpc) is 3.47. The lowest BCUT2D eigenvalue weighted by Crippen LogP contribution is -2.58. The summed E-state index contributed by atoms with van der Waals surface area (Å²) in [5.41, 5.74) is 1.40. The van der Waals surface area contributed by atoms with Gasteiger partial charge in [0.15, 0.2) is 0 Å². The largest absolute Gasteiger partial charge is 0.465 e. The van der Waals surface area contributed by atoms with Gasteiger partial charge in [0, 0.05) is 11.3 Å². The molecule has 3 fully saturated rings. The van der Waals surface area contributed by atoms with Crippen molar-refractivity contribution in [3.05, 3.63) is 54.1 Å². The average molecular weight is 589 g/mol. The fraction of sp³-hybridized carbons (Fsp3) is 0.581. The molecule has 1 aromatic carbocycles. The molecule has 1 N–H and O–H groups in total. The Morgan fingerprint density at radius 1 is 1.30 bits per heavy atom. The van der Waals surface area contributed by atoms with Crippen LogP contribution in [0.4, 0.5) is 5.69 Å². The minimum absolute atomic E-state index is 0.114. The van der Waals surface area contributed by atoms with Crippen LogP contribution in [0.1, 0.15) is 52.0 Å². The Balaban J connectivity index is 1.83. The lowest BCUT2D eigenvalue weighted by atomic mass is 9.66. The Bertz CT molecular complexity index is 1170. The minimum Gasteiger partial charge on any atom is -0.465 e. The smallest absolute Gasteiger partial charge is 0.311 e. The summed E-state index contributed by atoms with van der Waals surface area (Å²) in [6, 6.07) is 4.00. The summed E-state index contributed by atoms with van der Waals surface area (Å²) >= 11 is 8.23. The number of nitrogens with zero attached hydrogens (tertiary/aromatic N) is 2. The first-order chi connectivity index (χ1) is 19.0. The molecule has 4 rings (SSSR count). The lowest BCUT2D eigenvalue weighted by Gasteiger charge is -2.41. The number of carbonyl (C=O) groups is 3. The van der Waals surface area contributed by atoms with Crippen molar-refractivity contribution in [2.75, 3.05) is 24.7 Å². The van der Waals surface area contributed by atoms with E-state index in [0.29, 0.717) is 30.0 Å². The van der Waals surface area contributed by atoms with Crippen molar-refractivity contribution in [2.24, 2.45) is 17.8 Å². The number of carbonyl (C=O) groups excluding carboxylic acids is 3. The number of aryl methyl sites for hydroxylation is 1. The second kappa shape index (κ2) is 11.9. The highest BCUT2D eigenvalue weighted by Gasteiger charge is 2.78. The number of para-hydroxylation sites is 1. The van der Waals surface area contributed by atoms with E-state index in [9.17, 15) is 19.5 Å². The van der Waals surface area contributed by atoms with Gasteiger partial charge in [-0.25, -0.2) is 0 Å². The molecule has 6 atom stereocenters. The fourth-order valence-electron chi connectivity index (χ4n) is 7.00. The quantitative estimate of drug-likeness (QED) is 0.206. The predicted molar refractivity (Wildman–Crippen MR) is 160 cm³/mol. The van der Waals surface area contributed by atoms with E-state index in [0.717, 1.165) is 12.0 Å². The molecule has 2 unspecified atom stereocenters. The molecule has 0 aliphatic carbocycles. The maximum atomic E-state index is 14.8. The van der Waals surface area contributed by atoms with Crippen LogP contribution in [-0.2, 0) is 19.1 Å². The number of rotatable bonds is 12. The van der Waals surface area contributed by atoms with Gasteiger partial charge in [-0.2, -0.15) is 0 Å². The fourth-order valence-corrected chi connectivity index (χ4v) is 9.65. The number of hydrogen-bond acceptors (Lipinski definition) is 6. The number of aliphatic hydroxyl groups is 1. The number of aliphatic hydroxyl groups excluding tert-OH is 1. The van der Waals surface area contributed by atoms with Crippen LogP contribution in [0.5, 0.6) is 0 Å². The van der Waals surface area contributed by atoms with Gasteiger partial charge >= 0.3 is 5.97 Å². The Kier molecular flexibility index (Phi) is 9.13. The third-order valence-electron chi connectivity index (χ3n) is 8.85. The second-order valence-corrected chi connectivity index (χ2v) is 14.0. The molecule has 9 heteroatoms. The van der Waals surface area contributed by atoms with Crippen LogP contribution in [0.15, 0.2) is 43.5 Å². The number of likely N-dealkylation sites (tertiary alicyclic amines) is 1. The molecule has 7 nitrogen and oxygen atoms in total. The molecule has 0 saturated carbocycles. The van der Waals surface area contributed by atoms with E-state index in [-0.39, 0.29) is 43.5 Å². The maximum Gasteiger partial charge on any atom is 0.311 e. The summed E-state index contributed by atoms with van der Waals surface area (Å²) in [6.07, 6.45) is 6.11. The van der Waals surface area contributed by atoms with E-state index in [1.54, 1.807) is 39.8 Å². The third-order valence-corrected chi connectivity index (χ3v) is 11.1. The maximum absolute atomic E-state index is 14.8. The predicted octanol–water partition coefficient (Wildman–Crippen LogP) is 5.18. The van der Waals surface area contributed by atoms with E-state index < -0.39 is 33.4 Å². The molecule has 0 radical (unpaired) electrons. The van der Waals surface area contributed by atoms with E-state index in [2.05, 4.69) is 13.2 Å². The molecule has 218 valence electrons. The van der Waals surface area contributed by atoms with Crippen molar-refractivity contribution >= 4 is 46.8 Å². The number of thioether (sulfide) groups is 1. The van der Waals surface area contributed by atoms with Crippen molar-refractivity contribution < 1.29 is 24.2 Å². The number of halogens is 1. The first-order valence-electron chi connectivity index (χ1n) is 14.1. The summed E-state index contributed by atoms with van der Waals surface area (Å²) < 4.78 is 4.34. The molecule has 1 spiro atoms. The molecule has 1 aromatic rings. The van der Waals surface area contributed by atoms with E-state index >= 15 is 0 Å². The number of ether oxygens (including phenoxy) is 1. The van der Waals surface area contributed by atoms with Crippen LogP contribution in [0.2, 0.25) is 5.02 Å². The van der Waals surface area contributed by atoms with E-state index in [4.69, 9.17) is 16.3 Å². The Morgan fingerprint density at radius 3 is 2.62 bits per heavy atom. The Morgan fingerprint density at radius 2 is 2.02 bits per heavy atom.